The average molecular weight is 388 g/mol. The normalized spacial score (nSPS) is 16.1. The highest BCUT2D eigenvalue weighted by atomic mass is 79.9. The fourth-order valence-corrected chi connectivity index (χ4v) is 3.47. The summed E-state index contributed by atoms with van der Waals surface area (Å²) in [6, 6.07) is 10.7. The first kappa shape index (κ1) is 17.1. The first-order chi connectivity index (χ1) is 11.6. The zero-order chi connectivity index (χ0) is 16.9. The SMILES string of the molecule is Cc1cccc(CN2CCC(NC(=O)c3cncc(Br)c3)CC2)c1. The Bertz CT molecular complexity index is 711. The van der Waals surface area contributed by atoms with Gasteiger partial charge in [-0.1, -0.05) is 29.8 Å². The van der Waals surface area contributed by atoms with E-state index in [1.54, 1.807) is 18.5 Å². The van der Waals surface area contributed by atoms with Crippen LogP contribution in [0.3, 0.4) is 0 Å². The van der Waals surface area contributed by atoms with E-state index in [1.807, 2.05) is 0 Å². The van der Waals surface area contributed by atoms with E-state index in [0.29, 0.717) is 5.56 Å². The standard InChI is InChI=1S/C19H22BrN3O/c1-14-3-2-4-15(9-14)13-23-7-5-18(6-8-23)22-19(24)16-10-17(20)12-21-11-16/h2-4,9-12,18H,5-8,13H2,1H3,(H,22,24). The number of hydrogen-bond donors (Lipinski definition) is 1. The van der Waals surface area contributed by atoms with Crippen LogP contribution in [0.4, 0.5) is 0 Å². The number of carbonyl (C=O) groups is 1. The molecule has 0 radical (unpaired) electrons. The summed E-state index contributed by atoms with van der Waals surface area (Å²) in [4.78, 5) is 18.8. The van der Waals surface area contributed by atoms with Crippen molar-refractivity contribution in [2.45, 2.75) is 32.4 Å². The molecule has 1 N–H and O–H groups in total. The number of likely N-dealkylation sites (tertiary alicyclic amines) is 1. The van der Waals surface area contributed by atoms with Gasteiger partial charge in [-0.2, -0.15) is 0 Å². The van der Waals surface area contributed by atoms with Crippen LogP contribution in [0.1, 0.15) is 34.3 Å². The summed E-state index contributed by atoms with van der Waals surface area (Å²) in [6.45, 7) is 5.13. The first-order valence-corrected chi connectivity index (χ1v) is 9.09. The molecule has 1 aromatic carbocycles. The van der Waals surface area contributed by atoms with Gasteiger partial charge in [0, 0.05) is 42.5 Å². The maximum atomic E-state index is 12.3. The third-order valence-electron chi connectivity index (χ3n) is 4.38. The highest BCUT2D eigenvalue weighted by molar-refractivity contribution is 9.10. The molecule has 1 aliphatic rings. The van der Waals surface area contributed by atoms with Crippen molar-refractivity contribution in [2.24, 2.45) is 0 Å². The Balaban J connectivity index is 1.49. The second kappa shape index (κ2) is 7.90. The van der Waals surface area contributed by atoms with Crippen LogP contribution >= 0.6 is 15.9 Å². The van der Waals surface area contributed by atoms with Crippen molar-refractivity contribution in [1.82, 2.24) is 15.2 Å². The van der Waals surface area contributed by atoms with Crippen molar-refractivity contribution in [3.05, 3.63) is 63.9 Å². The van der Waals surface area contributed by atoms with E-state index in [0.717, 1.165) is 36.9 Å². The lowest BCUT2D eigenvalue weighted by atomic mass is 10.0. The average Bonchev–Trinajstić information content (AvgIpc) is 2.57. The topological polar surface area (TPSA) is 45.2 Å². The number of aromatic nitrogens is 1. The predicted molar refractivity (Wildman–Crippen MR) is 98.9 cm³/mol. The highest BCUT2D eigenvalue weighted by Crippen LogP contribution is 2.16. The van der Waals surface area contributed by atoms with Gasteiger partial charge in [-0.15, -0.1) is 0 Å². The molecule has 5 heteroatoms. The molecule has 0 bridgehead atoms. The van der Waals surface area contributed by atoms with Crippen LogP contribution in [0.25, 0.3) is 0 Å². The number of halogens is 1. The molecule has 126 valence electrons. The number of nitrogens with one attached hydrogen (secondary N) is 1. The number of piperidine rings is 1. The number of nitrogens with zero attached hydrogens (tertiary/aromatic N) is 2. The van der Waals surface area contributed by atoms with E-state index in [9.17, 15) is 4.79 Å². The maximum Gasteiger partial charge on any atom is 0.253 e. The smallest absolute Gasteiger partial charge is 0.253 e. The third kappa shape index (κ3) is 4.65. The number of pyridine rings is 1. The van der Waals surface area contributed by atoms with Gasteiger partial charge in [0.2, 0.25) is 0 Å². The monoisotopic (exact) mass is 387 g/mol. The van der Waals surface area contributed by atoms with E-state index in [4.69, 9.17) is 0 Å². The molecule has 0 spiro atoms. The van der Waals surface area contributed by atoms with Crippen LogP contribution in [0.15, 0.2) is 47.2 Å². The second-order valence-corrected chi connectivity index (χ2v) is 7.32. The van der Waals surface area contributed by atoms with Crippen molar-refractivity contribution in [3.63, 3.8) is 0 Å². The van der Waals surface area contributed by atoms with Crippen molar-refractivity contribution in [3.8, 4) is 0 Å². The first-order valence-electron chi connectivity index (χ1n) is 8.29. The molecule has 1 fully saturated rings. The quantitative estimate of drug-likeness (QED) is 0.872. The zero-order valence-electron chi connectivity index (χ0n) is 13.8. The van der Waals surface area contributed by atoms with Gasteiger partial charge in [0.25, 0.3) is 5.91 Å². The Kier molecular flexibility index (Phi) is 5.63. The molecular formula is C19H22BrN3O. The Hall–Kier alpha value is -1.72. The number of aryl methyl sites for hydroxylation is 1. The van der Waals surface area contributed by atoms with Crippen LogP contribution in [-0.2, 0) is 6.54 Å². The molecule has 1 aliphatic heterocycles. The van der Waals surface area contributed by atoms with Crippen molar-refractivity contribution < 1.29 is 4.79 Å². The fourth-order valence-electron chi connectivity index (χ4n) is 3.11. The molecule has 0 atom stereocenters. The molecule has 24 heavy (non-hydrogen) atoms. The second-order valence-electron chi connectivity index (χ2n) is 6.40. The van der Waals surface area contributed by atoms with Gasteiger partial charge in [0.05, 0.1) is 5.56 Å². The zero-order valence-corrected chi connectivity index (χ0v) is 15.4. The molecule has 3 rings (SSSR count). The van der Waals surface area contributed by atoms with Crippen molar-refractivity contribution in [2.75, 3.05) is 13.1 Å². The van der Waals surface area contributed by atoms with E-state index in [2.05, 4.69) is 62.3 Å². The molecule has 1 amide bonds. The predicted octanol–water partition coefficient (Wildman–Crippen LogP) is 3.55. The summed E-state index contributed by atoms with van der Waals surface area (Å²) < 4.78 is 0.822. The van der Waals surface area contributed by atoms with Crippen molar-refractivity contribution >= 4 is 21.8 Å². The van der Waals surface area contributed by atoms with Gasteiger partial charge in [0.15, 0.2) is 0 Å². The Morgan fingerprint density at radius 1 is 1.29 bits per heavy atom. The van der Waals surface area contributed by atoms with Gasteiger partial charge in [-0.25, -0.2) is 0 Å². The summed E-state index contributed by atoms with van der Waals surface area (Å²) in [6.07, 6.45) is 5.26. The van der Waals surface area contributed by atoms with E-state index >= 15 is 0 Å². The molecule has 1 aromatic heterocycles. The van der Waals surface area contributed by atoms with Gasteiger partial charge >= 0.3 is 0 Å². The summed E-state index contributed by atoms with van der Waals surface area (Å²) >= 11 is 3.35. The van der Waals surface area contributed by atoms with Crippen LogP contribution in [0.2, 0.25) is 0 Å². The Morgan fingerprint density at radius 3 is 2.79 bits per heavy atom. The molecular weight excluding hydrogens is 366 g/mol. The van der Waals surface area contributed by atoms with Gasteiger partial charge < -0.3 is 5.32 Å². The number of benzene rings is 1. The minimum absolute atomic E-state index is 0.0408. The summed E-state index contributed by atoms with van der Waals surface area (Å²) in [5.41, 5.74) is 3.27. The largest absolute Gasteiger partial charge is 0.349 e. The molecule has 0 unspecified atom stereocenters. The number of amides is 1. The molecule has 4 nitrogen and oxygen atoms in total. The summed E-state index contributed by atoms with van der Waals surface area (Å²) in [5, 5.41) is 3.13. The van der Waals surface area contributed by atoms with Crippen LogP contribution < -0.4 is 5.32 Å². The fraction of sp³-hybridized carbons (Fsp3) is 0.368. The van der Waals surface area contributed by atoms with Gasteiger partial charge in [-0.3, -0.25) is 14.7 Å². The van der Waals surface area contributed by atoms with E-state index in [-0.39, 0.29) is 11.9 Å². The minimum atomic E-state index is -0.0408. The molecule has 2 aromatic rings. The van der Waals surface area contributed by atoms with Crippen LogP contribution in [0.5, 0.6) is 0 Å². The maximum absolute atomic E-state index is 12.3. The number of hydrogen-bond acceptors (Lipinski definition) is 3. The van der Waals surface area contributed by atoms with E-state index in [1.165, 1.54) is 11.1 Å². The number of rotatable bonds is 4. The lowest BCUT2D eigenvalue weighted by Crippen LogP contribution is -2.44. The lowest BCUT2D eigenvalue weighted by Gasteiger charge is -2.32. The minimum Gasteiger partial charge on any atom is -0.349 e. The molecule has 2 heterocycles. The molecule has 0 aliphatic carbocycles. The van der Waals surface area contributed by atoms with E-state index < -0.39 is 0 Å². The molecule has 1 saturated heterocycles. The number of carbonyl (C=O) groups excluding carboxylic acids is 1. The van der Waals surface area contributed by atoms with Crippen LogP contribution in [-0.4, -0.2) is 34.9 Å². The molecule has 0 saturated carbocycles. The lowest BCUT2D eigenvalue weighted by molar-refractivity contribution is 0.0908. The Morgan fingerprint density at radius 2 is 2.08 bits per heavy atom. The van der Waals surface area contributed by atoms with Gasteiger partial charge in [0.1, 0.15) is 0 Å². The Labute approximate surface area is 151 Å². The highest BCUT2D eigenvalue weighted by Gasteiger charge is 2.21. The third-order valence-corrected chi connectivity index (χ3v) is 4.81. The van der Waals surface area contributed by atoms with Crippen molar-refractivity contribution in [1.29, 1.82) is 0 Å². The van der Waals surface area contributed by atoms with Gasteiger partial charge in [-0.05, 0) is 47.3 Å². The summed E-state index contributed by atoms with van der Waals surface area (Å²) in [7, 11) is 0. The van der Waals surface area contributed by atoms with Crippen LogP contribution in [0, 0.1) is 6.92 Å². The summed E-state index contributed by atoms with van der Waals surface area (Å²) in [5.74, 6) is -0.0408.